The first-order valence-corrected chi connectivity index (χ1v) is 11.5. The summed E-state index contributed by atoms with van der Waals surface area (Å²) in [6.45, 7) is 2.72. The van der Waals surface area contributed by atoms with Gasteiger partial charge in [0.1, 0.15) is 12.3 Å². The number of hydrogen-bond donors (Lipinski definition) is 0. The molecule has 8 heteroatoms. The molecule has 2 aromatic heterocycles. The van der Waals surface area contributed by atoms with E-state index in [1.54, 1.807) is 24.3 Å². The monoisotopic (exact) mass is 468 g/mol. The third-order valence-corrected chi connectivity index (χ3v) is 5.79. The van der Waals surface area contributed by atoms with Gasteiger partial charge in [0.2, 0.25) is 11.7 Å². The molecule has 176 valence electrons. The van der Waals surface area contributed by atoms with Crippen molar-refractivity contribution in [3.8, 4) is 17.1 Å². The second-order valence-electron chi connectivity index (χ2n) is 8.02. The summed E-state index contributed by atoms with van der Waals surface area (Å²) >= 11 is 0. The Bertz CT molecular complexity index is 1580. The van der Waals surface area contributed by atoms with E-state index in [1.807, 2.05) is 61.5 Å². The minimum atomic E-state index is -0.418. The van der Waals surface area contributed by atoms with Crippen LogP contribution in [0, 0.1) is 0 Å². The Kier molecular flexibility index (Phi) is 6.26. The first kappa shape index (κ1) is 22.3. The first-order chi connectivity index (χ1) is 17.2. The number of para-hydroxylation sites is 2. The number of ether oxygens (including phenoxy) is 1. The Balaban J connectivity index is 1.53. The van der Waals surface area contributed by atoms with E-state index in [2.05, 4.69) is 10.1 Å². The molecule has 0 aliphatic carbocycles. The van der Waals surface area contributed by atoms with Gasteiger partial charge in [0.05, 0.1) is 23.1 Å². The molecule has 8 nitrogen and oxygen atoms in total. The summed E-state index contributed by atoms with van der Waals surface area (Å²) in [5.74, 6) is 1.28. The van der Waals surface area contributed by atoms with E-state index in [1.165, 1.54) is 9.13 Å². The molecule has 0 aliphatic heterocycles. The maximum atomic E-state index is 13.5. The number of fused-ring (bicyclic) bond motifs is 1. The molecule has 2 heterocycles. The summed E-state index contributed by atoms with van der Waals surface area (Å²) in [4.78, 5) is 31.1. The molecule has 0 atom stereocenters. The van der Waals surface area contributed by atoms with E-state index >= 15 is 0 Å². The molecule has 5 aromatic rings. The van der Waals surface area contributed by atoms with Gasteiger partial charge in [-0.3, -0.25) is 13.9 Å². The van der Waals surface area contributed by atoms with E-state index in [9.17, 15) is 9.59 Å². The molecule has 0 radical (unpaired) electrons. The minimum absolute atomic E-state index is 0.0365. The highest BCUT2D eigenvalue weighted by Gasteiger charge is 2.17. The van der Waals surface area contributed by atoms with Crippen molar-refractivity contribution in [3.63, 3.8) is 0 Å². The fourth-order valence-corrected chi connectivity index (χ4v) is 4.10. The van der Waals surface area contributed by atoms with Crippen LogP contribution < -0.4 is 16.0 Å². The molecule has 0 saturated heterocycles. The van der Waals surface area contributed by atoms with Crippen LogP contribution in [-0.2, 0) is 19.5 Å². The first-order valence-electron chi connectivity index (χ1n) is 11.5. The fourth-order valence-electron chi connectivity index (χ4n) is 4.10. The van der Waals surface area contributed by atoms with Crippen LogP contribution in [0.4, 0.5) is 0 Å². The second-order valence-corrected chi connectivity index (χ2v) is 8.02. The minimum Gasteiger partial charge on any atom is -0.493 e. The quantitative estimate of drug-likeness (QED) is 0.343. The van der Waals surface area contributed by atoms with E-state index in [-0.39, 0.29) is 24.5 Å². The molecule has 0 spiro atoms. The van der Waals surface area contributed by atoms with Gasteiger partial charge < -0.3 is 9.26 Å². The van der Waals surface area contributed by atoms with Crippen LogP contribution in [0.3, 0.4) is 0 Å². The summed E-state index contributed by atoms with van der Waals surface area (Å²) in [6.07, 6.45) is 0.563. The Labute approximate surface area is 201 Å². The van der Waals surface area contributed by atoms with Crippen molar-refractivity contribution in [1.29, 1.82) is 0 Å². The molecule has 5 rings (SSSR count). The van der Waals surface area contributed by atoms with Crippen LogP contribution in [0.1, 0.15) is 18.4 Å². The molecule has 35 heavy (non-hydrogen) atoms. The molecule has 0 amide bonds. The van der Waals surface area contributed by atoms with Gasteiger partial charge in [0, 0.05) is 6.54 Å². The zero-order valence-electron chi connectivity index (χ0n) is 19.3. The van der Waals surface area contributed by atoms with Crippen molar-refractivity contribution in [2.75, 3.05) is 6.61 Å². The molecular weight excluding hydrogens is 444 g/mol. The zero-order chi connectivity index (χ0) is 24.2. The van der Waals surface area contributed by atoms with Gasteiger partial charge in [0.25, 0.3) is 5.56 Å². The van der Waals surface area contributed by atoms with Crippen LogP contribution in [0.15, 0.2) is 93.0 Å². The van der Waals surface area contributed by atoms with E-state index in [0.717, 1.165) is 5.56 Å². The number of nitrogens with zero attached hydrogens (tertiary/aromatic N) is 4. The summed E-state index contributed by atoms with van der Waals surface area (Å²) in [6, 6.07) is 24.3. The normalized spacial score (nSPS) is 11.1. The van der Waals surface area contributed by atoms with Crippen LogP contribution in [-0.4, -0.2) is 25.9 Å². The predicted molar refractivity (Wildman–Crippen MR) is 133 cm³/mol. The average Bonchev–Trinajstić information content (AvgIpc) is 3.36. The topological polar surface area (TPSA) is 92.2 Å². The van der Waals surface area contributed by atoms with Crippen molar-refractivity contribution in [2.45, 2.75) is 26.4 Å². The third kappa shape index (κ3) is 4.50. The van der Waals surface area contributed by atoms with Gasteiger partial charge in [-0.15, -0.1) is 0 Å². The number of aryl methyl sites for hydroxylation is 1. The fraction of sp³-hybridized carbons (Fsp3) is 0.185. The lowest BCUT2D eigenvalue weighted by atomic mass is 10.1. The summed E-state index contributed by atoms with van der Waals surface area (Å²) in [7, 11) is 0. The highest BCUT2D eigenvalue weighted by molar-refractivity contribution is 5.77. The summed E-state index contributed by atoms with van der Waals surface area (Å²) < 4.78 is 14.0. The second kappa shape index (κ2) is 9.80. The summed E-state index contributed by atoms with van der Waals surface area (Å²) in [5, 5.41) is 4.56. The molecule has 0 bridgehead atoms. The Morgan fingerprint density at radius 2 is 1.63 bits per heavy atom. The Morgan fingerprint density at radius 1 is 0.886 bits per heavy atom. The van der Waals surface area contributed by atoms with Gasteiger partial charge in [-0.25, -0.2) is 4.79 Å². The van der Waals surface area contributed by atoms with Gasteiger partial charge in [-0.05, 0) is 43.2 Å². The van der Waals surface area contributed by atoms with Gasteiger partial charge in [0.15, 0.2) is 0 Å². The highest BCUT2D eigenvalue weighted by Crippen LogP contribution is 2.27. The summed E-state index contributed by atoms with van der Waals surface area (Å²) in [5.41, 5.74) is 1.55. The highest BCUT2D eigenvalue weighted by atomic mass is 16.5. The number of rotatable bonds is 8. The lowest BCUT2D eigenvalue weighted by Crippen LogP contribution is -2.40. The SMILES string of the molecule is CCOc1ccccc1-c1noc(Cn2c(=O)n(CCc3ccccc3)c(=O)c3ccccc32)n1. The van der Waals surface area contributed by atoms with Crippen molar-refractivity contribution in [3.05, 3.63) is 111 Å². The molecule has 0 aliphatic rings. The van der Waals surface area contributed by atoms with Crippen molar-refractivity contribution < 1.29 is 9.26 Å². The smallest absolute Gasteiger partial charge is 0.331 e. The Morgan fingerprint density at radius 3 is 2.46 bits per heavy atom. The standard InChI is InChI=1S/C27H24N4O4/c1-2-34-23-15-9-7-13-21(23)25-28-24(35-29-25)18-31-22-14-8-6-12-20(22)26(32)30(27(31)33)17-16-19-10-4-3-5-11-19/h3-15H,2,16-18H2,1H3. The van der Waals surface area contributed by atoms with Gasteiger partial charge in [-0.2, -0.15) is 4.98 Å². The average molecular weight is 469 g/mol. The number of aromatic nitrogens is 4. The van der Waals surface area contributed by atoms with Crippen molar-refractivity contribution >= 4 is 10.9 Å². The van der Waals surface area contributed by atoms with Crippen LogP contribution in [0.5, 0.6) is 5.75 Å². The third-order valence-electron chi connectivity index (χ3n) is 5.79. The van der Waals surface area contributed by atoms with E-state index in [4.69, 9.17) is 9.26 Å². The van der Waals surface area contributed by atoms with Crippen molar-refractivity contribution in [1.82, 2.24) is 19.3 Å². The van der Waals surface area contributed by atoms with Crippen LogP contribution in [0.2, 0.25) is 0 Å². The molecule has 0 unspecified atom stereocenters. The molecule has 3 aromatic carbocycles. The van der Waals surface area contributed by atoms with E-state index in [0.29, 0.717) is 41.1 Å². The maximum Gasteiger partial charge on any atom is 0.331 e. The molecular formula is C27H24N4O4. The lowest BCUT2D eigenvalue weighted by molar-refractivity contribution is 0.340. The van der Waals surface area contributed by atoms with Gasteiger partial charge >= 0.3 is 5.69 Å². The largest absolute Gasteiger partial charge is 0.493 e. The predicted octanol–water partition coefficient (Wildman–Crippen LogP) is 3.90. The van der Waals surface area contributed by atoms with Crippen molar-refractivity contribution in [2.24, 2.45) is 0 Å². The van der Waals surface area contributed by atoms with Crippen LogP contribution >= 0.6 is 0 Å². The van der Waals surface area contributed by atoms with Crippen LogP contribution in [0.25, 0.3) is 22.3 Å². The molecule has 0 fully saturated rings. The lowest BCUT2D eigenvalue weighted by Gasteiger charge is -2.13. The molecule has 0 N–H and O–H groups in total. The molecule has 0 saturated carbocycles. The maximum absolute atomic E-state index is 13.5. The number of hydrogen-bond acceptors (Lipinski definition) is 6. The van der Waals surface area contributed by atoms with Gasteiger partial charge in [-0.1, -0.05) is 59.8 Å². The van der Waals surface area contributed by atoms with E-state index < -0.39 is 5.69 Å². The number of benzene rings is 3. The Hall–Kier alpha value is -4.46. The zero-order valence-corrected chi connectivity index (χ0v) is 19.3.